The molecule has 4 aliphatic carbocycles. The largest absolute Gasteiger partial charge is 0.308 e. The summed E-state index contributed by atoms with van der Waals surface area (Å²) in [4.78, 5) is 38.8. The van der Waals surface area contributed by atoms with E-state index >= 15 is 0 Å². The summed E-state index contributed by atoms with van der Waals surface area (Å²) in [5.74, 6) is 2.62. The fourth-order valence-electron chi connectivity index (χ4n) is 7.43. The van der Waals surface area contributed by atoms with Crippen molar-refractivity contribution in [2.45, 2.75) is 114 Å². The van der Waals surface area contributed by atoms with Gasteiger partial charge in [-0.1, -0.05) is 24.3 Å². The lowest BCUT2D eigenvalue weighted by atomic mass is 9.85. The minimum atomic E-state index is -0.433. The summed E-state index contributed by atoms with van der Waals surface area (Å²) in [6.07, 6.45) is 13.2. The van der Waals surface area contributed by atoms with Gasteiger partial charge in [-0.3, -0.25) is 9.59 Å². The minimum Gasteiger partial charge on any atom is -0.308 e. The number of aromatic nitrogens is 4. The summed E-state index contributed by atoms with van der Waals surface area (Å²) in [5, 5.41) is 8.81. The van der Waals surface area contributed by atoms with E-state index in [-0.39, 0.29) is 11.8 Å². The first-order valence-electron chi connectivity index (χ1n) is 17.7. The van der Waals surface area contributed by atoms with Crippen LogP contribution in [0.25, 0.3) is 22.4 Å². The Morgan fingerprint density at radius 2 is 1.10 bits per heavy atom. The van der Waals surface area contributed by atoms with Gasteiger partial charge in [0.05, 0.1) is 22.2 Å². The highest BCUT2D eigenvalue weighted by Gasteiger charge is 2.50. The molecule has 8 nitrogen and oxygen atoms in total. The number of carbonyl (C=O) groups excluding carboxylic acids is 2. The topological polar surface area (TPSA) is 92.2 Å². The average Bonchev–Trinajstić information content (AvgIpc) is 3.92. The van der Waals surface area contributed by atoms with Crippen molar-refractivity contribution in [3.05, 3.63) is 83.6 Å². The van der Waals surface area contributed by atoms with Gasteiger partial charge in [-0.05, 0) is 120 Å². The third-order valence-corrected chi connectivity index (χ3v) is 11.1. The normalized spacial score (nSPS) is 21.9. The molecule has 4 aromatic rings. The first kappa shape index (κ1) is 29.7. The third kappa shape index (κ3) is 4.94. The molecule has 0 bridgehead atoms. The van der Waals surface area contributed by atoms with Crippen LogP contribution in [0.2, 0.25) is 0 Å². The monoisotopic (exact) mass is 638 g/mol. The van der Waals surface area contributed by atoms with E-state index in [1.165, 1.54) is 25.7 Å². The lowest BCUT2D eigenvalue weighted by Crippen LogP contribution is -2.37. The number of benzene rings is 2. The lowest BCUT2D eigenvalue weighted by molar-refractivity contribution is -0.122. The molecule has 244 valence electrons. The van der Waals surface area contributed by atoms with Gasteiger partial charge in [0.25, 0.3) is 0 Å². The zero-order chi connectivity index (χ0) is 32.9. The molecule has 48 heavy (non-hydrogen) atoms. The Labute approximate surface area is 282 Å². The van der Waals surface area contributed by atoms with Crippen molar-refractivity contribution >= 4 is 23.2 Å². The quantitative estimate of drug-likeness (QED) is 0.216. The Morgan fingerprint density at radius 3 is 1.58 bits per heavy atom. The van der Waals surface area contributed by atoms with Crippen molar-refractivity contribution in [3.8, 4) is 22.4 Å². The van der Waals surface area contributed by atoms with Crippen molar-refractivity contribution in [1.82, 2.24) is 20.2 Å². The molecule has 4 fully saturated rings. The molecular formula is C40H42N6O2. The highest BCUT2D eigenvalue weighted by atomic mass is 16.2. The fraction of sp³-hybridized carbons (Fsp3) is 0.450. The summed E-state index contributed by atoms with van der Waals surface area (Å²) in [7, 11) is 0. The maximum atomic E-state index is 12.8. The van der Waals surface area contributed by atoms with E-state index in [2.05, 4.69) is 68.7 Å². The van der Waals surface area contributed by atoms with Crippen LogP contribution in [0.5, 0.6) is 0 Å². The van der Waals surface area contributed by atoms with Gasteiger partial charge in [0, 0.05) is 58.8 Å². The number of nitrogens with zero attached hydrogens (tertiary/aromatic N) is 6. The lowest BCUT2D eigenvalue weighted by Gasteiger charge is -2.19. The second kappa shape index (κ2) is 10.5. The van der Waals surface area contributed by atoms with Gasteiger partial charge < -0.3 is 9.80 Å². The van der Waals surface area contributed by atoms with Crippen LogP contribution in [0, 0.1) is 0 Å². The summed E-state index contributed by atoms with van der Waals surface area (Å²) in [6, 6.07) is 17.6. The zero-order valence-corrected chi connectivity index (χ0v) is 28.2. The number of carbonyl (C=O) groups is 2. The Bertz CT molecular complexity index is 1810. The third-order valence-electron chi connectivity index (χ3n) is 11.1. The molecule has 4 heterocycles. The highest BCUT2D eigenvalue weighted by Crippen LogP contribution is 2.49. The first-order chi connectivity index (χ1) is 23.1. The van der Waals surface area contributed by atoms with Gasteiger partial charge in [0.2, 0.25) is 11.8 Å². The number of anilines is 2. The molecule has 2 aromatic heterocycles. The van der Waals surface area contributed by atoms with Crippen molar-refractivity contribution in [2.24, 2.45) is 0 Å². The van der Waals surface area contributed by atoms with Crippen LogP contribution in [0.3, 0.4) is 0 Å². The van der Waals surface area contributed by atoms with Gasteiger partial charge in [-0.2, -0.15) is 10.2 Å². The summed E-state index contributed by atoms with van der Waals surface area (Å²) in [6.45, 7) is 8.12. The summed E-state index contributed by atoms with van der Waals surface area (Å²) < 4.78 is 0. The molecule has 2 aromatic carbocycles. The van der Waals surface area contributed by atoms with E-state index in [0.717, 1.165) is 82.1 Å². The Hall–Kier alpha value is -4.46. The van der Waals surface area contributed by atoms with Crippen LogP contribution < -0.4 is 9.80 Å². The number of fused-ring (bicyclic) bond motifs is 2. The maximum absolute atomic E-state index is 12.8. The molecule has 10 rings (SSSR count). The van der Waals surface area contributed by atoms with Gasteiger partial charge in [0.15, 0.2) is 0 Å². The van der Waals surface area contributed by atoms with E-state index in [4.69, 9.17) is 0 Å². The standard InChI is InChI=1S/2C20H21N3O/c1-20(2)16-8-5-13(9-17(16)23(19(20)24)15-6-7-15)14-10-21-18(22-11-14)12-3-4-12;1-20(2)15-8-5-13(11-18(15)23(19(20)24)14-6-7-14)17-10-9-16(21-22-17)12-3-4-12/h5,8-12,15H,3-4,6-7H2,1-2H3;5,8-12,14H,3-4,6-7H2,1-2H3. The van der Waals surface area contributed by atoms with E-state index in [1.54, 1.807) is 0 Å². The molecule has 0 spiro atoms. The van der Waals surface area contributed by atoms with Gasteiger partial charge in [-0.15, -0.1) is 0 Å². The fourth-order valence-corrected chi connectivity index (χ4v) is 7.43. The number of rotatable bonds is 6. The highest BCUT2D eigenvalue weighted by molar-refractivity contribution is 6.09. The number of hydrogen-bond acceptors (Lipinski definition) is 6. The molecule has 0 saturated heterocycles. The summed E-state index contributed by atoms with van der Waals surface area (Å²) >= 11 is 0. The predicted molar refractivity (Wildman–Crippen MR) is 186 cm³/mol. The predicted octanol–water partition coefficient (Wildman–Crippen LogP) is 7.62. The van der Waals surface area contributed by atoms with Gasteiger partial charge >= 0.3 is 0 Å². The molecule has 0 unspecified atom stereocenters. The maximum Gasteiger partial charge on any atom is 0.237 e. The van der Waals surface area contributed by atoms with Crippen LogP contribution >= 0.6 is 0 Å². The molecular weight excluding hydrogens is 596 g/mol. The molecule has 0 N–H and O–H groups in total. The second-order valence-electron chi connectivity index (χ2n) is 15.7. The molecule has 2 amide bonds. The summed E-state index contributed by atoms with van der Waals surface area (Å²) in [5.41, 5.74) is 8.70. The molecule has 2 aliphatic heterocycles. The van der Waals surface area contributed by atoms with Crippen LogP contribution in [0.1, 0.15) is 114 Å². The smallest absolute Gasteiger partial charge is 0.237 e. The van der Waals surface area contributed by atoms with E-state index in [1.807, 2.05) is 49.9 Å². The minimum absolute atomic E-state index is 0.229. The Morgan fingerprint density at radius 1 is 0.583 bits per heavy atom. The molecule has 6 aliphatic rings. The van der Waals surface area contributed by atoms with E-state index in [9.17, 15) is 9.59 Å². The number of hydrogen-bond donors (Lipinski definition) is 0. The number of amides is 2. The van der Waals surface area contributed by atoms with E-state index in [0.29, 0.717) is 23.9 Å². The van der Waals surface area contributed by atoms with Crippen LogP contribution in [-0.2, 0) is 20.4 Å². The Kier molecular flexibility index (Phi) is 6.50. The van der Waals surface area contributed by atoms with Crippen molar-refractivity contribution < 1.29 is 9.59 Å². The Balaban J connectivity index is 0.000000131. The van der Waals surface area contributed by atoms with Crippen LogP contribution in [0.4, 0.5) is 11.4 Å². The van der Waals surface area contributed by atoms with Crippen LogP contribution in [-0.4, -0.2) is 44.1 Å². The van der Waals surface area contributed by atoms with Gasteiger partial charge in [0.1, 0.15) is 5.82 Å². The average molecular weight is 639 g/mol. The zero-order valence-electron chi connectivity index (χ0n) is 28.2. The van der Waals surface area contributed by atoms with E-state index < -0.39 is 10.8 Å². The second-order valence-corrected chi connectivity index (χ2v) is 15.7. The van der Waals surface area contributed by atoms with Gasteiger partial charge in [-0.25, -0.2) is 9.97 Å². The van der Waals surface area contributed by atoms with Crippen molar-refractivity contribution in [2.75, 3.05) is 9.80 Å². The van der Waals surface area contributed by atoms with Crippen LogP contribution in [0.15, 0.2) is 60.9 Å². The SMILES string of the molecule is CC1(C)C(=O)N(C2CC2)c2cc(-c3ccc(C4CC4)nn3)ccc21.CC1(C)C(=O)N(C2CC2)c2cc(-c3cnc(C4CC4)nc3)ccc21. The van der Waals surface area contributed by atoms with Crippen molar-refractivity contribution in [3.63, 3.8) is 0 Å². The molecule has 0 radical (unpaired) electrons. The molecule has 4 saturated carbocycles. The molecule has 0 atom stereocenters. The first-order valence-corrected chi connectivity index (χ1v) is 17.7. The van der Waals surface area contributed by atoms with Crippen molar-refractivity contribution in [1.29, 1.82) is 0 Å². The molecule has 8 heteroatoms.